The molecule has 1 fully saturated rings. The Balaban J connectivity index is 1.57. The molecule has 0 aliphatic carbocycles. The van der Waals surface area contributed by atoms with Gasteiger partial charge in [-0.05, 0) is 35.9 Å². The molecule has 7 nitrogen and oxygen atoms in total. The maximum Gasteiger partial charge on any atom is 0.337 e. The lowest BCUT2D eigenvalue weighted by molar-refractivity contribution is -0.127. The van der Waals surface area contributed by atoms with Crippen LogP contribution in [0.25, 0.3) is 6.08 Å². The molecule has 0 radical (unpaired) electrons. The number of benzene rings is 2. The van der Waals surface area contributed by atoms with Gasteiger partial charge >= 0.3 is 5.97 Å². The molecule has 1 aliphatic heterocycles. The average Bonchev–Trinajstić information content (AvgIpc) is 2.78. The van der Waals surface area contributed by atoms with Crippen LogP contribution in [0.15, 0.2) is 65.6 Å². The van der Waals surface area contributed by atoms with Gasteiger partial charge in [-0.1, -0.05) is 30.3 Å². The van der Waals surface area contributed by atoms with Gasteiger partial charge < -0.3 is 9.64 Å². The first-order valence-electron chi connectivity index (χ1n) is 9.12. The minimum atomic E-state index is -3.54. The van der Waals surface area contributed by atoms with Gasteiger partial charge in [-0.2, -0.15) is 4.31 Å². The Bertz CT molecular complexity index is 993. The van der Waals surface area contributed by atoms with Crippen LogP contribution in [-0.4, -0.2) is 62.8 Å². The lowest BCUT2D eigenvalue weighted by Crippen LogP contribution is -2.50. The summed E-state index contributed by atoms with van der Waals surface area (Å²) in [6.45, 7) is 1.17. The van der Waals surface area contributed by atoms with Crippen molar-refractivity contribution in [1.82, 2.24) is 9.21 Å². The second kappa shape index (κ2) is 9.02. The molecule has 0 N–H and O–H groups in total. The zero-order valence-electron chi connectivity index (χ0n) is 16.0. The lowest BCUT2D eigenvalue weighted by Gasteiger charge is -2.33. The number of piperazine rings is 1. The maximum atomic E-state index is 12.6. The molecule has 1 saturated heterocycles. The van der Waals surface area contributed by atoms with Crippen LogP contribution in [0, 0.1) is 0 Å². The first kappa shape index (κ1) is 20.8. The van der Waals surface area contributed by atoms with Crippen LogP contribution in [0.3, 0.4) is 0 Å². The Kier molecular flexibility index (Phi) is 6.46. The van der Waals surface area contributed by atoms with E-state index in [1.807, 2.05) is 0 Å². The molecule has 2 aromatic carbocycles. The van der Waals surface area contributed by atoms with E-state index in [0.29, 0.717) is 18.7 Å². The summed E-state index contributed by atoms with van der Waals surface area (Å²) in [4.78, 5) is 25.7. The van der Waals surface area contributed by atoms with Crippen LogP contribution in [0.2, 0.25) is 0 Å². The number of nitrogens with zero attached hydrogens (tertiary/aromatic N) is 2. The van der Waals surface area contributed by atoms with E-state index in [1.165, 1.54) is 17.5 Å². The van der Waals surface area contributed by atoms with Crippen LogP contribution < -0.4 is 0 Å². The van der Waals surface area contributed by atoms with E-state index in [9.17, 15) is 18.0 Å². The quantitative estimate of drug-likeness (QED) is 0.552. The van der Waals surface area contributed by atoms with E-state index in [4.69, 9.17) is 0 Å². The van der Waals surface area contributed by atoms with Crippen LogP contribution in [0.1, 0.15) is 15.9 Å². The predicted molar refractivity (Wildman–Crippen MR) is 109 cm³/mol. The molecule has 2 aromatic rings. The molecule has 0 saturated carbocycles. The van der Waals surface area contributed by atoms with Crippen molar-refractivity contribution in [2.45, 2.75) is 4.90 Å². The second-order valence-electron chi connectivity index (χ2n) is 6.49. The highest BCUT2D eigenvalue weighted by Crippen LogP contribution is 2.17. The van der Waals surface area contributed by atoms with Crippen molar-refractivity contribution in [3.63, 3.8) is 0 Å². The van der Waals surface area contributed by atoms with Gasteiger partial charge in [-0.15, -0.1) is 0 Å². The maximum absolute atomic E-state index is 12.6. The van der Waals surface area contributed by atoms with Gasteiger partial charge in [-0.25, -0.2) is 13.2 Å². The van der Waals surface area contributed by atoms with Crippen molar-refractivity contribution >= 4 is 28.0 Å². The van der Waals surface area contributed by atoms with E-state index in [1.54, 1.807) is 65.6 Å². The molecule has 1 amide bonds. The molecule has 3 rings (SSSR count). The number of hydrogen-bond donors (Lipinski definition) is 0. The van der Waals surface area contributed by atoms with Crippen molar-refractivity contribution < 1.29 is 22.7 Å². The summed E-state index contributed by atoms with van der Waals surface area (Å²) in [5, 5.41) is 0. The van der Waals surface area contributed by atoms with E-state index in [2.05, 4.69) is 4.74 Å². The third-order valence-corrected chi connectivity index (χ3v) is 6.59. The Morgan fingerprint density at radius 1 is 0.931 bits per heavy atom. The molecule has 1 heterocycles. The smallest absolute Gasteiger partial charge is 0.337 e. The Labute approximate surface area is 170 Å². The molecule has 0 atom stereocenters. The van der Waals surface area contributed by atoms with Crippen LogP contribution in [0.5, 0.6) is 0 Å². The van der Waals surface area contributed by atoms with E-state index < -0.39 is 16.0 Å². The van der Waals surface area contributed by atoms with Gasteiger partial charge in [0, 0.05) is 32.3 Å². The van der Waals surface area contributed by atoms with E-state index in [0.717, 1.165) is 5.56 Å². The molecular formula is C21H22N2O5S. The molecule has 0 aromatic heterocycles. The third-order valence-electron chi connectivity index (χ3n) is 4.68. The van der Waals surface area contributed by atoms with Crippen LogP contribution in [0.4, 0.5) is 0 Å². The SMILES string of the molecule is COC(=O)c1ccc(/C=C/C(=O)N2CCN(S(=O)(=O)c3ccccc3)CC2)cc1. The number of methoxy groups -OCH3 is 1. The minimum absolute atomic E-state index is 0.182. The number of sulfonamides is 1. The first-order chi connectivity index (χ1) is 13.9. The fourth-order valence-electron chi connectivity index (χ4n) is 3.01. The number of carbonyl (C=O) groups excluding carboxylic acids is 2. The number of carbonyl (C=O) groups is 2. The summed E-state index contributed by atoms with van der Waals surface area (Å²) in [7, 11) is -2.22. The molecule has 1 aliphatic rings. The minimum Gasteiger partial charge on any atom is -0.465 e. The Morgan fingerprint density at radius 2 is 1.55 bits per heavy atom. The van der Waals surface area contributed by atoms with Crippen molar-refractivity contribution in [1.29, 1.82) is 0 Å². The summed E-state index contributed by atoms with van der Waals surface area (Å²) in [5.74, 6) is -0.598. The standard InChI is InChI=1S/C21H22N2O5S/c1-28-21(25)18-10-7-17(8-11-18)9-12-20(24)22-13-15-23(16-14-22)29(26,27)19-5-3-2-4-6-19/h2-12H,13-16H2,1H3/b12-9+. The van der Waals surface area contributed by atoms with E-state index >= 15 is 0 Å². The van der Waals surface area contributed by atoms with Crippen LogP contribution >= 0.6 is 0 Å². The van der Waals surface area contributed by atoms with Crippen molar-refractivity contribution in [2.24, 2.45) is 0 Å². The normalized spacial score (nSPS) is 15.4. The van der Waals surface area contributed by atoms with Gasteiger partial charge in [0.25, 0.3) is 0 Å². The number of esters is 1. The third kappa shape index (κ3) is 4.90. The fourth-order valence-corrected chi connectivity index (χ4v) is 4.45. The number of ether oxygens (including phenoxy) is 1. The van der Waals surface area contributed by atoms with Gasteiger partial charge in [-0.3, -0.25) is 4.79 Å². The van der Waals surface area contributed by atoms with Gasteiger partial charge in [0.2, 0.25) is 15.9 Å². The summed E-state index contributed by atoms with van der Waals surface area (Å²) < 4.78 is 31.3. The Morgan fingerprint density at radius 3 is 2.14 bits per heavy atom. The van der Waals surface area contributed by atoms with Crippen molar-refractivity contribution in [3.8, 4) is 0 Å². The highest BCUT2D eigenvalue weighted by molar-refractivity contribution is 7.89. The number of hydrogen-bond acceptors (Lipinski definition) is 5. The molecule has 0 spiro atoms. The molecule has 29 heavy (non-hydrogen) atoms. The summed E-state index contributed by atoms with van der Waals surface area (Å²) in [6.07, 6.45) is 3.12. The van der Waals surface area contributed by atoms with Gasteiger partial charge in [0.15, 0.2) is 0 Å². The highest BCUT2D eigenvalue weighted by atomic mass is 32.2. The zero-order valence-corrected chi connectivity index (χ0v) is 16.8. The second-order valence-corrected chi connectivity index (χ2v) is 8.43. The monoisotopic (exact) mass is 414 g/mol. The lowest BCUT2D eigenvalue weighted by atomic mass is 10.1. The van der Waals surface area contributed by atoms with Crippen LogP contribution in [-0.2, 0) is 19.6 Å². The van der Waals surface area contributed by atoms with Gasteiger partial charge in [0.1, 0.15) is 0 Å². The Hall–Kier alpha value is -2.97. The van der Waals surface area contributed by atoms with Crippen molar-refractivity contribution in [3.05, 3.63) is 71.8 Å². The predicted octanol–water partition coefficient (Wildman–Crippen LogP) is 2.02. The number of rotatable bonds is 5. The number of amides is 1. The molecular weight excluding hydrogens is 392 g/mol. The zero-order chi connectivity index (χ0) is 20.9. The summed E-state index contributed by atoms with van der Waals surface area (Å²) in [6, 6.07) is 15.0. The molecule has 0 bridgehead atoms. The summed E-state index contributed by atoms with van der Waals surface area (Å²) >= 11 is 0. The van der Waals surface area contributed by atoms with E-state index in [-0.39, 0.29) is 23.9 Å². The molecule has 8 heteroatoms. The molecule has 152 valence electrons. The van der Waals surface area contributed by atoms with Gasteiger partial charge in [0.05, 0.1) is 17.6 Å². The summed E-state index contributed by atoms with van der Waals surface area (Å²) in [5.41, 5.74) is 1.21. The van der Waals surface area contributed by atoms with Crippen molar-refractivity contribution in [2.75, 3.05) is 33.3 Å². The molecule has 0 unspecified atom stereocenters. The highest BCUT2D eigenvalue weighted by Gasteiger charge is 2.29. The largest absolute Gasteiger partial charge is 0.465 e. The fraction of sp³-hybridized carbons (Fsp3) is 0.238. The first-order valence-corrected chi connectivity index (χ1v) is 10.6. The topological polar surface area (TPSA) is 84.0 Å². The average molecular weight is 414 g/mol.